The number of nitrogens with zero attached hydrogens (tertiary/aromatic N) is 1. The lowest BCUT2D eigenvalue weighted by Crippen LogP contribution is -2.34. The van der Waals surface area contributed by atoms with Crippen molar-refractivity contribution in [2.24, 2.45) is 0 Å². The molecule has 0 radical (unpaired) electrons. The second-order valence-corrected chi connectivity index (χ2v) is 6.10. The van der Waals surface area contributed by atoms with Crippen molar-refractivity contribution in [3.8, 4) is 11.5 Å². The Morgan fingerprint density at radius 3 is 2.08 bits per heavy atom. The maximum atomic E-state index is 12.5. The molecule has 25 heavy (non-hydrogen) atoms. The molecule has 1 aliphatic rings. The van der Waals surface area contributed by atoms with Gasteiger partial charge in [0.15, 0.2) is 5.78 Å². The molecule has 1 saturated heterocycles. The van der Waals surface area contributed by atoms with Crippen LogP contribution in [0.2, 0.25) is 0 Å². The van der Waals surface area contributed by atoms with E-state index < -0.39 is 0 Å². The maximum absolute atomic E-state index is 12.5. The Kier molecular flexibility index (Phi) is 5.46. The van der Waals surface area contributed by atoms with Crippen LogP contribution in [0.3, 0.4) is 0 Å². The van der Waals surface area contributed by atoms with Gasteiger partial charge in [-0.15, -0.1) is 0 Å². The third kappa shape index (κ3) is 4.45. The van der Waals surface area contributed by atoms with E-state index in [0.29, 0.717) is 22.6 Å². The highest BCUT2D eigenvalue weighted by Gasteiger charge is 2.17. The Balaban J connectivity index is 1.65. The van der Waals surface area contributed by atoms with E-state index in [9.17, 15) is 9.59 Å². The van der Waals surface area contributed by atoms with Crippen molar-refractivity contribution in [3.63, 3.8) is 0 Å². The molecule has 1 fully saturated rings. The maximum Gasteiger partial charge on any atom is 0.253 e. The van der Waals surface area contributed by atoms with E-state index >= 15 is 0 Å². The Morgan fingerprint density at radius 2 is 1.48 bits per heavy atom. The normalized spacial score (nSPS) is 14.7. The van der Waals surface area contributed by atoms with Crippen molar-refractivity contribution < 1.29 is 14.3 Å². The zero-order valence-electron chi connectivity index (χ0n) is 14.3. The summed E-state index contributed by atoms with van der Waals surface area (Å²) in [6, 6.07) is 14.2. The molecule has 3 rings (SSSR count). The quantitative estimate of drug-likeness (QED) is 0.870. The topological polar surface area (TPSA) is 58.6 Å². The molecule has 130 valence electrons. The van der Waals surface area contributed by atoms with Gasteiger partial charge in [0.2, 0.25) is 0 Å². The molecule has 5 nitrogen and oxygen atoms in total. The van der Waals surface area contributed by atoms with Crippen LogP contribution >= 0.6 is 0 Å². The van der Waals surface area contributed by atoms with Gasteiger partial charge >= 0.3 is 0 Å². The van der Waals surface area contributed by atoms with Crippen LogP contribution in [0.1, 0.15) is 34.1 Å². The van der Waals surface area contributed by atoms with Gasteiger partial charge in [0.05, 0.1) is 0 Å². The lowest BCUT2D eigenvalue weighted by molar-refractivity contribution is 0.0766. The van der Waals surface area contributed by atoms with Crippen LogP contribution in [0.5, 0.6) is 11.5 Å². The molecule has 1 aliphatic heterocycles. The van der Waals surface area contributed by atoms with Crippen molar-refractivity contribution in [3.05, 3.63) is 59.7 Å². The standard InChI is InChI=1S/C20H22N2O3/c1-15(23)16-3-7-18(8-4-16)25-19-9-5-17(6-10-19)20(24)22-13-2-11-21-12-14-22/h3-10,21H,2,11-14H2,1H3. The molecule has 0 aromatic heterocycles. The first-order valence-electron chi connectivity index (χ1n) is 8.52. The zero-order chi connectivity index (χ0) is 17.6. The first-order chi connectivity index (χ1) is 12.1. The summed E-state index contributed by atoms with van der Waals surface area (Å²) in [6.07, 6.45) is 0.975. The average molecular weight is 338 g/mol. The van der Waals surface area contributed by atoms with Crippen LogP contribution in [0, 0.1) is 0 Å². The van der Waals surface area contributed by atoms with E-state index in [1.807, 2.05) is 4.90 Å². The summed E-state index contributed by atoms with van der Waals surface area (Å²) in [5.74, 6) is 1.39. The van der Waals surface area contributed by atoms with Gasteiger partial charge in [0.25, 0.3) is 5.91 Å². The third-order valence-corrected chi connectivity index (χ3v) is 4.23. The Hall–Kier alpha value is -2.66. The smallest absolute Gasteiger partial charge is 0.253 e. The molecule has 2 aromatic carbocycles. The number of Topliss-reactive ketones (excluding diaryl/α,β-unsaturated/α-hetero) is 1. The van der Waals surface area contributed by atoms with E-state index in [0.717, 1.165) is 32.6 Å². The van der Waals surface area contributed by atoms with Crippen molar-refractivity contribution in [2.75, 3.05) is 26.2 Å². The van der Waals surface area contributed by atoms with Gasteiger partial charge in [-0.1, -0.05) is 0 Å². The largest absolute Gasteiger partial charge is 0.457 e. The fourth-order valence-electron chi connectivity index (χ4n) is 2.79. The lowest BCUT2D eigenvalue weighted by Gasteiger charge is -2.20. The van der Waals surface area contributed by atoms with E-state index in [4.69, 9.17) is 4.74 Å². The third-order valence-electron chi connectivity index (χ3n) is 4.23. The molecule has 1 amide bonds. The van der Waals surface area contributed by atoms with Crippen LogP contribution < -0.4 is 10.1 Å². The molecule has 1 heterocycles. The molecule has 2 aromatic rings. The molecule has 0 aliphatic carbocycles. The van der Waals surface area contributed by atoms with Crippen molar-refractivity contribution in [1.29, 1.82) is 0 Å². The summed E-state index contributed by atoms with van der Waals surface area (Å²) >= 11 is 0. The van der Waals surface area contributed by atoms with E-state index in [-0.39, 0.29) is 11.7 Å². The van der Waals surface area contributed by atoms with Crippen LogP contribution in [0.15, 0.2) is 48.5 Å². The van der Waals surface area contributed by atoms with E-state index in [1.165, 1.54) is 6.92 Å². The van der Waals surface area contributed by atoms with Crippen LogP contribution in [-0.4, -0.2) is 42.8 Å². The summed E-state index contributed by atoms with van der Waals surface area (Å²) in [4.78, 5) is 25.7. The summed E-state index contributed by atoms with van der Waals surface area (Å²) in [7, 11) is 0. The minimum atomic E-state index is 0.0260. The zero-order valence-corrected chi connectivity index (χ0v) is 14.3. The highest BCUT2D eigenvalue weighted by molar-refractivity contribution is 5.94. The molecule has 0 unspecified atom stereocenters. The Bertz CT molecular complexity index is 731. The highest BCUT2D eigenvalue weighted by atomic mass is 16.5. The minimum absolute atomic E-state index is 0.0260. The molecule has 0 bridgehead atoms. The van der Waals surface area contributed by atoms with Crippen molar-refractivity contribution >= 4 is 11.7 Å². The van der Waals surface area contributed by atoms with Crippen molar-refractivity contribution in [1.82, 2.24) is 10.2 Å². The number of nitrogens with one attached hydrogen (secondary N) is 1. The number of carbonyl (C=O) groups is 2. The first-order valence-corrected chi connectivity index (χ1v) is 8.52. The van der Waals surface area contributed by atoms with Crippen molar-refractivity contribution in [2.45, 2.75) is 13.3 Å². The van der Waals surface area contributed by atoms with Gasteiger partial charge < -0.3 is 15.0 Å². The van der Waals surface area contributed by atoms with E-state index in [1.54, 1.807) is 48.5 Å². The van der Waals surface area contributed by atoms with Gasteiger partial charge in [0.1, 0.15) is 11.5 Å². The molecule has 0 saturated carbocycles. The summed E-state index contributed by atoms with van der Waals surface area (Å²) in [5, 5.41) is 3.30. The van der Waals surface area contributed by atoms with Gasteiger partial charge in [0, 0.05) is 30.8 Å². The van der Waals surface area contributed by atoms with Crippen LogP contribution in [0.25, 0.3) is 0 Å². The number of ether oxygens (including phenoxy) is 1. The number of hydrogen-bond donors (Lipinski definition) is 1. The molecule has 1 N–H and O–H groups in total. The fraction of sp³-hybridized carbons (Fsp3) is 0.300. The molecular formula is C20H22N2O3. The lowest BCUT2D eigenvalue weighted by atomic mass is 10.1. The number of amides is 1. The summed E-state index contributed by atoms with van der Waals surface area (Å²) < 4.78 is 5.77. The molecular weight excluding hydrogens is 316 g/mol. The van der Waals surface area contributed by atoms with E-state index in [2.05, 4.69) is 5.32 Å². The summed E-state index contributed by atoms with van der Waals surface area (Å²) in [5.41, 5.74) is 1.32. The Labute approximate surface area is 147 Å². The number of ketones is 1. The highest BCUT2D eigenvalue weighted by Crippen LogP contribution is 2.22. The number of hydrogen-bond acceptors (Lipinski definition) is 4. The predicted octanol–water partition coefficient (Wildman–Crippen LogP) is 3.12. The van der Waals surface area contributed by atoms with Gasteiger partial charge in [-0.2, -0.15) is 0 Å². The molecule has 0 spiro atoms. The second-order valence-electron chi connectivity index (χ2n) is 6.10. The molecule has 0 atom stereocenters. The average Bonchev–Trinajstić information content (AvgIpc) is 2.92. The predicted molar refractivity (Wildman–Crippen MR) is 96.4 cm³/mol. The number of carbonyl (C=O) groups excluding carboxylic acids is 2. The summed E-state index contributed by atoms with van der Waals surface area (Å²) in [6.45, 7) is 4.85. The van der Waals surface area contributed by atoms with Crippen LogP contribution in [0.4, 0.5) is 0 Å². The fourth-order valence-corrected chi connectivity index (χ4v) is 2.79. The second kappa shape index (κ2) is 7.94. The Morgan fingerprint density at radius 1 is 0.880 bits per heavy atom. The minimum Gasteiger partial charge on any atom is -0.457 e. The monoisotopic (exact) mass is 338 g/mol. The molecule has 5 heteroatoms. The van der Waals surface area contributed by atoms with Gasteiger partial charge in [-0.3, -0.25) is 9.59 Å². The number of benzene rings is 2. The number of rotatable bonds is 4. The van der Waals surface area contributed by atoms with Gasteiger partial charge in [-0.25, -0.2) is 0 Å². The van der Waals surface area contributed by atoms with Crippen LogP contribution in [-0.2, 0) is 0 Å². The first kappa shape index (κ1) is 17.2. The SMILES string of the molecule is CC(=O)c1ccc(Oc2ccc(C(=O)N3CCCNCC3)cc2)cc1. The van der Waals surface area contributed by atoms with Gasteiger partial charge in [-0.05, 0) is 68.4 Å².